The van der Waals surface area contributed by atoms with Crippen molar-refractivity contribution in [3.8, 4) is 0 Å². The second-order valence-corrected chi connectivity index (χ2v) is 8.78. The summed E-state index contributed by atoms with van der Waals surface area (Å²) in [5.74, 6) is 0.906. The largest absolute Gasteiger partial charge is 0.444 e. The van der Waals surface area contributed by atoms with Gasteiger partial charge in [0, 0.05) is 18.3 Å². The van der Waals surface area contributed by atoms with Gasteiger partial charge in [-0.3, -0.25) is 0 Å². The van der Waals surface area contributed by atoms with Gasteiger partial charge in [-0.25, -0.2) is 4.79 Å². The van der Waals surface area contributed by atoms with Crippen LogP contribution in [0.25, 0.3) is 0 Å². The van der Waals surface area contributed by atoms with Crippen molar-refractivity contribution in [2.45, 2.75) is 49.5 Å². The van der Waals surface area contributed by atoms with Crippen LogP contribution >= 0.6 is 23.1 Å². The van der Waals surface area contributed by atoms with Crippen molar-refractivity contribution in [1.29, 1.82) is 0 Å². The quantitative estimate of drug-likeness (QED) is 0.826. The van der Waals surface area contributed by atoms with Gasteiger partial charge in [-0.15, -0.1) is 23.1 Å². The molecule has 1 amide bonds. The minimum absolute atomic E-state index is 0.175. The molecule has 22 heavy (non-hydrogen) atoms. The third-order valence-corrected chi connectivity index (χ3v) is 5.56. The summed E-state index contributed by atoms with van der Waals surface area (Å²) in [6.07, 6.45) is 1.83. The van der Waals surface area contributed by atoms with Crippen molar-refractivity contribution >= 4 is 29.2 Å². The van der Waals surface area contributed by atoms with Crippen LogP contribution in [0.2, 0.25) is 0 Å². The Labute approximate surface area is 141 Å². The van der Waals surface area contributed by atoms with Gasteiger partial charge in [0.1, 0.15) is 5.60 Å². The van der Waals surface area contributed by atoms with Crippen molar-refractivity contribution in [2.75, 3.05) is 25.4 Å². The smallest absolute Gasteiger partial charge is 0.410 e. The highest BCUT2D eigenvalue weighted by Crippen LogP contribution is 2.24. The predicted octanol–water partition coefficient (Wildman–Crippen LogP) is 3.83. The van der Waals surface area contributed by atoms with E-state index in [0.717, 1.165) is 38.2 Å². The standard InChI is InChI=1S/C16H26N2O2S2/c1-16(2,3)20-15(19)18(13-6-8-17-9-7-13)10-12-22-14-5-4-11-21-14/h4-5,11,13,17H,6-10,12H2,1-3H3. The van der Waals surface area contributed by atoms with E-state index in [-0.39, 0.29) is 6.09 Å². The fraction of sp³-hybridized carbons (Fsp3) is 0.688. The van der Waals surface area contributed by atoms with Gasteiger partial charge in [-0.1, -0.05) is 6.07 Å². The number of nitrogens with one attached hydrogen (secondary N) is 1. The first-order valence-corrected chi connectivity index (χ1v) is 9.69. The summed E-state index contributed by atoms with van der Waals surface area (Å²) in [6.45, 7) is 8.45. The van der Waals surface area contributed by atoms with Gasteiger partial charge in [0.05, 0.1) is 4.21 Å². The van der Waals surface area contributed by atoms with Crippen LogP contribution < -0.4 is 5.32 Å². The SMILES string of the molecule is CC(C)(C)OC(=O)N(CCSc1cccs1)C1CCNCC1. The predicted molar refractivity (Wildman–Crippen MR) is 93.9 cm³/mol. The Bertz CT molecular complexity index is 451. The van der Waals surface area contributed by atoms with Gasteiger partial charge < -0.3 is 15.0 Å². The van der Waals surface area contributed by atoms with Crippen molar-refractivity contribution in [3.63, 3.8) is 0 Å². The van der Waals surface area contributed by atoms with E-state index < -0.39 is 5.60 Å². The van der Waals surface area contributed by atoms with E-state index in [9.17, 15) is 4.79 Å². The normalized spacial score (nSPS) is 16.5. The summed E-state index contributed by atoms with van der Waals surface area (Å²) in [5.41, 5.74) is -0.441. The Kier molecular flexibility index (Phi) is 6.59. The van der Waals surface area contributed by atoms with E-state index in [1.165, 1.54) is 4.21 Å². The lowest BCUT2D eigenvalue weighted by Gasteiger charge is -2.35. The monoisotopic (exact) mass is 342 g/mol. The molecular formula is C16H26N2O2S2. The summed E-state index contributed by atoms with van der Waals surface area (Å²) in [5, 5.41) is 5.44. The average Bonchev–Trinajstić information content (AvgIpc) is 2.95. The molecule has 1 saturated heterocycles. The van der Waals surface area contributed by atoms with Crippen LogP contribution in [0.4, 0.5) is 4.79 Å². The maximum atomic E-state index is 12.5. The maximum Gasteiger partial charge on any atom is 0.410 e. The number of hydrogen-bond donors (Lipinski definition) is 1. The second-order valence-electron chi connectivity index (χ2n) is 6.44. The van der Waals surface area contributed by atoms with Gasteiger partial charge in [0.15, 0.2) is 0 Å². The van der Waals surface area contributed by atoms with Crippen molar-refractivity contribution in [3.05, 3.63) is 17.5 Å². The molecule has 124 valence electrons. The number of nitrogens with zero attached hydrogens (tertiary/aromatic N) is 1. The molecular weight excluding hydrogens is 316 g/mol. The van der Waals surface area contributed by atoms with E-state index in [0.29, 0.717) is 6.04 Å². The zero-order valence-electron chi connectivity index (χ0n) is 13.6. The maximum absolute atomic E-state index is 12.5. The fourth-order valence-corrected chi connectivity index (χ4v) is 4.25. The van der Waals surface area contributed by atoms with E-state index in [1.807, 2.05) is 37.4 Å². The number of amides is 1. The lowest BCUT2D eigenvalue weighted by molar-refractivity contribution is 0.0146. The van der Waals surface area contributed by atoms with Crippen molar-refractivity contribution in [1.82, 2.24) is 10.2 Å². The Hall–Kier alpha value is -0.720. The number of thiophene rings is 1. The molecule has 4 nitrogen and oxygen atoms in total. The second kappa shape index (κ2) is 8.22. The topological polar surface area (TPSA) is 41.6 Å². The fourth-order valence-electron chi connectivity index (χ4n) is 2.45. The molecule has 0 saturated carbocycles. The lowest BCUT2D eigenvalue weighted by atomic mass is 10.1. The summed E-state index contributed by atoms with van der Waals surface area (Å²) in [6, 6.07) is 4.48. The van der Waals surface area contributed by atoms with Crippen LogP contribution in [-0.2, 0) is 4.74 Å². The zero-order valence-corrected chi connectivity index (χ0v) is 15.3. The number of carbonyl (C=O) groups excluding carboxylic acids is 1. The Morgan fingerprint density at radius 2 is 2.18 bits per heavy atom. The molecule has 2 rings (SSSR count). The van der Waals surface area contributed by atoms with Crippen LogP contribution in [0.5, 0.6) is 0 Å². The van der Waals surface area contributed by atoms with E-state index in [2.05, 4.69) is 22.8 Å². The highest BCUT2D eigenvalue weighted by molar-refractivity contribution is 8.01. The Morgan fingerprint density at radius 3 is 2.77 bits per heavy atom. The van der Waals surface area contributed by atoms with Crippen molar-refractivity contribution < 1.29 is 9.53 Å². The van der Waals surface area contributed by atoms with Crippen LogP contribution in [0.1, 0.15) is 33.6 Å². The lowest BCUT2D eigenvalue weighted by Crippen LogP contribution is -2.48. The molecule has 0 atom stereocenters. The van der Waals surface area contributed by atoms with Gasteiger partial charge in [-0.2, -0.15) is 0 Å². The minimum atomic E-state index is -0.441. The third-order valence-electron chi connectivity index (χ3n) is 3.45. The van der Waals surface area contributed by atoms with Crippen LogP contribution in [0.15, 0.2) is 21.7 Å². The van der Waals surface area contributed by atoms with E-state index >= 15 is 0 Å². The van der Waals surface area contributed by atoms with Crippen LogP contribution in [0.3, 0.4) is 0 Å². The first kappa shape index (κ1) is 17.6. The molecule has 1 aliphatic rings. The summed E-state index contributed by atoms with van der Waals surface area (Å²) >= 11 is 3.56. The van der Waals surface area contributed by atoms with Gasteiger partial charge in [0.25, 0.3) is 0 Å². The molecule has 1 aromatic rings. The summed E-state index contributed by atoms with van der Waals surface area (Å²) < 4.78 is 6.90. The molecule has 2 heterocycles. The highest BCUT2D eigenvalue weighted by atomic mass is 32.2. The summed E-state index contributed by atoms with van der Waals surface area (Å²) in [7, 11) is 0. The molecule has 1 fully saturated rings. The number of ether oxygens (including phenoxy) is 1. The number of hydrogen-bond acceptors (Lipinski definition) is 5. The van der Waals surface area contributed by atoms with Crippen molar-refractivity contribution in [2.24, 2.45) is 0 Å². The molecule has 6 heteroatoms. The molecule has 0 aromatic carbocycles. The number of thioether (sulfide) groups is 1. The first-order valence-electron chi connectivity index (χ1n) is 7.82. The highest BCUT2D eigenvalue weighted by Gasteiger charge is 2.29. The first-order chi connectivity index (χ1) is 10.5. The van der Waals surface area contributed by atoms with Gasteiger partial charge in [-0.05, 0) is 58.1 Å². The van der Waals surface area contributed by atoms with Gasteiger partial charge in [0.2, 0.25) is 0 Å². The average molecular weight is 343 g/mol. The molecule has 0 radical (unpaired) electrons. The Morgan fingerprint density at radius 1 is 1.45 bits per heavy atom. The van der Waals surface area contributed by atoms with Crippen LogP contribution in [0, 0.1) is 0 Å². The number of rotatable bonds is 5. The van der Waals surface area contributed by atoms with Gasteiger partial charge >= 0.3 is 6.09 Å². The number of carbonyl (C=O) groups is 1. The number of piperidine rings is 1. The zero-order chi connectivity index (χ0) is 16.0. The third kappa shape index (κ3) is 5.82. The molecule has 1 aromatic heterocycles. The Balaban J connectivity index is 1.92. The molecule has 0 unspecified atom stereocenters. The molecule has 1 N–H and O–H groups in total. The molecule has 0 spiro atoms. The van der Waals surface area contributed by atoms with Crippen LogP contribution in [-0.4, -0.2) is 48.0 Å². The molecule has 0 aliphatic carbocycles. The van der Waals surface area contributed by atoms with E-state index in [4.69, 9.17) is 4.74 Å². The van der Waals surface area contributed by atoms with E-state index in [1.54, 1.807) is 11.3 Å². The molecule has 0 bridgehead atoms. The summed E-state index contributed by atoms with van der Waals surface area (Å²) in [4.78, 5) is 14.5. The molecule has 1 aliphatic heterocycles. The minimum Gasteiger partial charge on any atom is -0.444 e.